The summed E-state index contributed by atoms with van der Waals surface area (Å²) >= 11 is 0. The van der Waals surface area contributed by atoms with Crippen molar-refractivity contribution in [3.05, 3.63) is 59.1 Å². The normalized spacial score (nSPS) is 20.1. The third kappa shape index (κ3) is 3.79. The molecule has 7 heteroatoms. The van der Waals surface area contributed by atoms with E-state index in [0.717, 1.165) is 73.9 Å². The van der Waals surface area contributed by atoms with Gasteiger partial charge in [0.15, 0.2) is 0 Å². The zero-order valence-electron chi connectivity index (χ0n) is 18.8. The van der Waals surface area contributed by atoms with Gasteiger partial charge in [-0.1, -0.05) is 23.4 Å². The molecule has 6 rings (SSSR count). The number of benzene rings is 1. The molecule has 2 aliphatic carbocycles. The van der Waals surface area contributed by atoms with Crippen LogP contribution >= 0.6 is 0 Å². The number of aryl methyl sites for hydroxylation is 1. The van der Waals surface area contributed by atoms with Crippen molar-refractivity contribution in [2.24, 2.45) is 5.41 Å². The van der Waals surface area contributed by atoms with E-state index in [9.17, 15) is 9.59 Å². The van der Waals surface area contributed by atoms with Gasteiger partial charge in [-0.3, -0.25) is 14.6 Å². The molecule has 3 aromatic rings. The van der Waals surface area contributed by atoms with Gasteiger partial charge in [0.1, 0.15) is 0 Å². The van der Waals surface area contributed by atoms with Crippen molar-refractivity contribution in [1.29, 1.82) is 0 Å². The summed E-state index contributed by atoms with van der Waals surface area (Å²) in [5.41, 5.74) is 3.44. The van der Waals surface area contributed by atoms with Gasteiger partial charge in [0.05, 0.1) is 16.8 Å². The fraction of sp³-hybridized carbons (Fsp3) is 0.462. The van der Waals surface area contributed by atoms with E-state index in [2.05, 4.69) is 15.5 Å². The molecule has 3 fully saturated rings. The molecule has 2 saturated carbocycles. The Morgan fingerprint density at radius 2 is 1.91 bits per heavy atom. The fourth-order valence-corrected chi connectivity index (χ4v) is 5.49. The van der Waals surface area contributed by atoms with Crippen molar-refractivity contribution < 1.29 is 14.1 Å². The Balaban J connectivity index is 1.04. The van der Waals surface area contributed by atoms with Crippen LogP contribution in [0.2, 0.25) is 0 Å². The van der Waals surface area contributed by atoms with E-state index >= 15 is 0 Å². The summed E-state index contributed by atoms with van der Waals surface area (Å²) in [5, 5.41) is 8.26. The summed E-state index contributed by atoms with van der Waals surface area (Å²) < 4.78 is 5.32. The molecule has 7 nitrogen and oxygen atoms in total. The summed E-state index contributed by atoms with van der Waals surface area (Å²) in [6.45, 7) is 3.40. The molecule has 3 heterocycles. The van der Waals surface area contributed by atoms with Crippen molar-refractivity contribution in [2.45, 2.75) is 57.4 Å². The largest absolute Gasteiger partial charge is 0.351 e. The fourth-order valence-electron chi connectivity index (χ4n) is 5.49. The summed E-state index contributed by atoms with van der Waals surface area (Å²) in [7, 11) is 0. The van der Waals surface area contributed by atoms with Crippen LogP contribution in [0.3, 0.4) is 0 Å². The standard InChI is InChI=1S/C26H28N4O3/c1-16-5-6-18-3-2-4-20(23(18)27-16)24(31)28-19-14-26(15-19)9-11-30(12-10-26)25(32)22-13-21(29-33-22)17-7-8-17/h2-6,13,17,19H,7-12,14-15H2,1H3,(H,28,31). The lowest BCUT2D eigenvalue weighted by molar-refractivity contribution is 0.00731. The highest BCUT2D eigenvalue weighted by molar-refractivity contribution is 6.05. The molecular weight excluding hydrogens is 416 g/mol. The summed E-state index contributed by atoms with van der Waals surface area (Å²) in [6.07, 6.45) is 6.13. The van der Waals surface area contributed by atoms with Crippen LogP contribution in [-0.2, 0) is 0 Å². The Morgan fingerprint density at radius 3 is 2.67 bits per heavy atom. The van der Waals surface area contributed by atoms with Gasteiger partial charge in [0.2, 0.25) is 5.76 Å². The number of hydrogen-bond acceptors (Lipinski definition) is 5. The lowest BCUT2D eigenvalue weighted by atomic mass is 9.60. The monoisotopic (exact) mass is 444 g/mol. The first-order valence-corrected chi connectivity index (χ1v) is 11.9. The van der Waals surface area contributed by atoms with Crippen LogP contribution in [0, 0.1) is 12.3 Å². The lowest BCUT2D eigenvalue weighted by Gasteiger charge is -2.52. The summed E-state index contributed by atoms with van der Waals surface area (Å²) in [5.74, 6) is 0.747. The average molecular weight is 445 g/mol. The van der Waals surface area contributed by atoms with Crippen LogP contribution in [0.5, 0.6) is 0 Å². The van der Waals surface area contributed by atoms with Crippen LogP contribution in [-0.4, -0.2) is 46.0 Å². The summed E-state index contributed by atoms with van der Waals surface area (Å²) in [4.78, 5) is 32.2. The minimum Gasteiger partial charge on any atom is -0.351 e. The highest BCUT2D eigenvalue weighted by Crippen LogP contribution is 2.49. The van der Waals surface area contributed by atoms with Gasteiger partial charge in [-0.15, -0.1) is 0 Å². The average Bonchev–Trinajstić information content (AvgIpc) is 3.54. The second-order valence-corrected chi connectivity index (χ2v) is 10.1. The number of nitrogens with one attached hydrogen (secondary N) is 1. The number of carbonyl (C=O) groups excluding carboxylic acids is 2. The first-order valence-electron chi connectivity index (χ1n) is 11.9. The molecule has 170 valence electrons. The molecule has 1 N–H and O–H groups in total. The Bertz CT molecular complexity index is 1230. The number of fused-ring (bicyclic) bond motifs is 1. The molecule has 1 aromatic carbocycles. The van der Waals surface area contributed by atoms with E-state index in [1.54, 1.807) is 0 Å². The number of likely N-dealkylation sites (tertiary alicyclic amines) is 1. The Labute approximate surface area is 192 Å². The number of para-hydroxylation sites is 1. The van der Waals surface area contributed by atoms with Crippen molar-refractivity contribution in [2.75, 3.05) is 13.1 Å². The summed E-state index contributed by atoms with van der Waals surface area (Å²) in [6, 6.07) is 11.7. The minimum atomic E-state index is -0.0528. The Kier molecular flexibility index (Phi) is 4.75. The maximum absolute atomic E-state index is 13.0. The minimum absolute atomic E-state index is 0.0489. The van der Waals surface area contributed by atoms with Crippen LogP contribution in [0.15, 0.2) is 40.9 Å². The Hall–Kier alpha value is -3.22. The number of piperidine rings is 1. The molecule has 0 atom stereocenters. The second-order valence-electron chi connectivity index (χ2n) is 10.1. The van der Waals surface area contributed by atoms with Crippen molar-refractivity contribution in [3.63, 3.8) is 0 Å². The van der Waals surface area contributed by atoms with Crippen molar-refractivity contribution >= 4 is 22.7 Å². The molecule has 1 saturated heterocycles. The number of aromatic nitrogens is 2. The number of rotatable bonds is 4. The van der Waals surface area contributed by atoms with Gasteiger partial charge in [0.25, 0.3) is 11.8 Å². The molecular formula is C26H28N4O3. The van der Waals surface area contributed by atoms with Gasteiger partial charge < -0.3 is 14.7 Å². The molecule has 0 unspecified atom stereocenters. The van der Waals surface area contributed by atoms with Crippen LogP contribution < -0.4 is 5.32 Å². The zero-order chi connectivity index (χ0) is 22.6. The van der Waals surface area contributed by atoms with E-state index in [1.807, 2.05) is 48.2 Å². The number of hydrogen-bond donors (Lipinski definition) is 1. The molecule has 0 radical (unpaired) electrons. The van der Waals surface area contributed by atoms with E-state index < -0.39 is 0 Å². The first kappa shape index (κ1) is 20.4. The predicted molar refractivity (Wildman–Crippen MR) is 123 cm³/mol. The predicted octanol–water partition coefficient (Wildman–Crippen LogP) is 4.22. The van der Waals surface area contributed by atoms with Gasteiger partial charge >= 0.3 is 0 Å². The Morgan fingerprint density at radius 1 is 1.12 bits per heavy atom. The molecule has 0 bridgehead atoms. The topological polar surface area (TPSA) is 88.3 Å². The van der Waals surface area contributed by atoms with E-state index in [-0.39, 0.29) is 23.3 Å². The smallest absolute Gasteiger partial charge is 0.292 e. The quantitative estimate of drug-likeness (QED) is 0.651. The third-order valence-corrected chi connectivity index (χ3v) is 7.64. The highest BCUT2D eigenvalue weighted by Gasteiger charge is 2.47. The van der Waals surface area contributed by atoms with E-state index in [1.165, 1.54) is 0 Å². The SMILES string of the molecule is Cc1ccc2cccc(C(=O)NC3CC4(CCN(C(=O)c5cc(C6CC6)no5)CC4)C3)c2n1. The maximum atomic E-state index is 13.0. The number of carbonyl (C=O) groups is 2. The van der Waals surface area contributed by atoms with Crippen LogP contribution in [0.1, 0.15) is 76.7 Å². The first-order chi connectivity index (χ1) is 16.0. The lowest BCUT2D eigenvalue weighted by Crippen LogP contribution is -2.55. The molecule has 2 amide bonds. The number of nitrogens with zero attached hydrogens (tertiary/aromatic N) is 3. The second kappa shape index (κ2) is 7.68. The highest BCUT2D eigenvalue weighted by atomic mass is 16.5. The molecule has 3 aliphatic rings. The van der Waals surface area contributed by atoms with Crippen molar-refractivity contribution in [1.82, 2.24) is 20.4 Å². The van der Waals surface area contributed by atoms with E-state index in [4.69, 9.17) is 4.52 Å². The van der Waals surface area contributed by atoms with Crippen LogP contribution in [0.4, 0.5) is 0 Å². The molecule has 1 aliphatic heterocycles. The maximum Gasteiger partial charge on any atom is 0.292 e. The van der Waals surface area contributed by atoms with Gasteiger partial charge in [-0.05, 0) is 63.0 Å². The molecule has 1 spiro atoms. The van der Waals surface area contributed by atoms with Crippen LogP contribution in [0.25, 0.3) is 10.9 Å². The molecule has 2 aromatic heterocycles. The van der Waals surface area contributed by atoms with Gasteiger partial charge in [0, 0.05) is 42.2 Å². The van der Waals surface area contributed by atoms with Crippen molar-refractivity contribution in [3.8, 4) is 0 Å². The number of pyridine rings is 1. The van der Waals surface area contributed by atoms with Gasteiger partial charge in [-0.2, -0.15) is 0 Å². The van der Waals surface area contributed by atoms with Gasteiger partial charge in [-0.25, -0.2) is 0 Å². The zero-order valence-corrected chi connectivity index (χ0v) is 18.8. The molecule has 33 heavy (non-hydrogen) atoms. The van der Waals surface area contributed by atoms with E-state index in [0.29, 0.717) is 17.2 Å². The number of amides is 2. The third-order valence-electron chi connectivity index (χ3n) is 7.64.